The van der Waals surface area contributed by atoms with Gasteiger partial charge >= 0.3 is 0 Å². The van der Waals surface area contributed by atoms with Gasteiger partial charge in [0.05, 0.1) is 13.2 Å². The third kappa shape index (κ3) is 2.38. The minimum absolute atomic E-state index is 0.0559. The fourth-order valence-corrected chi connectivity index (χ4v) is 4.13. The zero-order valence-corrected chi connectivity index (χ0v) is 11.8. The van der Waals surface area contributed by atoms with Gasteiger partial charge in [0.2, 0.25) is 0 Å². The summed E-state index contributed by atoms with van der Waals surface area (Å²) in [5.41, 5.74) is 1.43. The van der Waals surface area contributed by atoms with E-state index in [2.05, 4.69) is 13.5 Å². The molecule has 0 spiro atoms. The Morgan fingerprint density at radius 3 is 2.84 bits per heavy atom. The number of carbonyl (C=O) groups is 1. The maximum Gasteiger partial charge on any atom is 0.157 e. The molecule has 3 atom stereocenters. The molecule has 3 nitrogen and oxygen atoms in total. The SMILES string of the molecule is C=C1CC2(CCC3OCCCO3)CC1CC(=O)C2C. The molecule has 3 rings (SSSR count). The first-order valence-electron chi connectivity index (χ1n) is 7.54. The van der Waals surface area contributed by atoms with E-state index in [-0.39, 0.29) is 17.6 Å². The Morgan fingerprint density at radius 2 is 2.11 bits per heavy atom. The van der Waals surface area contributed by atoms with Crippen LogP contribution in [0.3, 0.4) is 0 Å². The topological polar surface area (TPSA) is 35.5 Å². The average Bonchev–Trinajstić information content (AvgIpc) is 2.70. The van der Waals surface area contributed by atoms with Gasteiger partial charge in [-0.25, -0.2) is 0 Å². The van der Waals surface area contributed by atoms with Crippen LogP contribution in [0, 0.1) is 17.3 Å². The van der Waals surface area contributed by atoms with Crippen molar-refractivity contribution in [3.8, 4) is 0 Å². The van der Waals surface area contributed by atoms with Crippen LogP contribution in [0.5, 0.6) is 0 Å². The third-order valence-corrected chi connectivity index (χ3v) is 5.43. The van der Waals surface area contributed by atoms with Gasteiger partial charge in [-0.1, -0.05) is 19.1 Å². The van der Waals surface area contributed by atoms with Crippen molar-refractivity contribution < 1.29 is 14.3 Å². The number of Topliss-reactive ketones (excluding diaryl/α,β-unsaturated/α-hetero) is 1. The number of hydrogen-bond acceptors (Lipinski definition) is 3. The molecule has 3 unspecified atom stereocenters. The zero-order chi connectivity index (χ0) is 13.5. The van der Waals surface area contributed by atoms with E-state index < -0.39 is 0 Å². The zero-order valence-electron chi connectivity index (χ0n) is 11.8. The molecule has 3 aliphatic rings. The van der Waals surface area contributed by atoms with E-state index in [9.17, 15) is 4.79 Å². The molecule has 0 aromatic carbocycles. The van der Waals surface area contributed by atoms with Crippen molar-refractivity contribution in [3.63, 3.8) is 0 Å². The first-order valence-corrected chi connectivity index (χ1v) is 7.54. The van der Waals surface area contributed by atoms with Crippen LogP contribution in [-0.2, 0) is 14.3 Å². The molecule has 2 bridgehead atoms. The summed E-state index contributed by atoms with van der Waals surface area (Å²) < 4.78 is 11.3. The van der Waals surface area contributed by atoms with Crippen LogP contribution in [0.15, 0.2) is 12.2 Å². The fraction of sp³-hybridized carbons (Fsp3) is 0.812. The average molecular weight is 264 g/mol. The van der Waals surface area contributed by atoms with Gasteiger partial charge in [-0.2, -0.15) is 0 Å². The normalized spacial score (nSPS) is 39.8. The van der Waals surface area contributed by atoms with Crippen molar-refractivity contribution in [1.29, 1.82) is 0 Å². The molecule has 3 fully saturated rings. The predicted molar refractivity (Wildman–Crippen MR) is 72.6 cm³/mol. The highest BCUT2D eigenvalue weighted by Crippen LogP contribution is 2.57. The summed E-state index contributed by atoms with van der Waals surface area (Å²) in [6, 6.07) is 0. The lowest BCUT2D eigenvalue weighted by molar-refractivity contribution is -0.185. The van der Waals surface area contributed by atoms with Crippen LogP contribution in [0.2, 0.25) is 0 Å². The largest absolute Gasteiger partial charge is 0.353 e. The lowest BCUT2D eigenvalue weighted by Crippen LogP contribution is -2.37. The molecule has 2 aliphatic carbocycles. The maximum atomic E-state index is 12.2. The number of fused-ring (bicyclic) bond motifs is 2. The molecule has 0 radical (unpaired) electrons. The second kappa shape index (κ2) is 5.02. The first kappa shape index (κ1) is 13.3. The van der Waals surface area contributed by atoms with Crippen LogP contribution in [-0.4, -0.2) is 25.3 Å². The lowest BCUT2D eigenvalue weighted by atomic mass is 9.65. The van der Waals surface area contributed by atoms with Crippen LogP contribution in [0.25, 0.3) is 0 Å². The van der Waals surface area contributed by atoms with Gasteiger partial charge in [-0.05, 0) is 43.4 Å². The van der Waals surface area contributed by atoms with Gasteiger partial charge in [-0.15, -0.1) is 0 Å². The Kier molecular flexibility index (Phi) is 3.52. The standard InChI is InChI=1S/C16H24O3/c1-11-9-16(5-4-15-18-6-3-7-19-15)10-13(11)8-14(17)12(16)2/h12-13,15H,1,3-10H2,2H3. The minimum atomic E-state index is -0.0559. The van der Waals surface area contributed by atoms with Crippen LogP contribution in [0.4, 0.5) is 0 Å². The van der Waals surface area contributed by atoms with E-state index in [4.69, 9.17) is 9.47 Å². The van der Waals surface area contributed by atoms with Crippen molar-refractivity contribution >= 4 is 5.78 Å². The van der Waals surface area contributed by atoms with Gasteiger partial charge in [0.1, 0.15) is 5.78 Å². The van der Waals surface area contributed by atoms with Gasteiger partial charge in [-0.3, -0.25) is 4.79 Å². The van der Waals surface area contributed by atoms with Crippen molar-refractivity contribution in [3.05, 3.63) is 12.2 Å². The molecule has 1 aliphatic heterocycles. The monoisotopic (exact) mass is 264 g/mol. The lowest BCUT2D eigenvalue weighted by Gasteiger charge is -2.39. The Bertz CT molecular complexity index is 383. The summed E-state index contributed by atoms with van der Waals surface area (Å²) in [4.78, 5) is 12.2. The molecular formula is C16H24O3. The van der Waals surface area contributed by atoms with E-state index in [1.807, 2.05) is 0 Å². The van der Waals surface area contributed by atoms with Gasteiger partial charge in [0.25, 0.3) is 0 Å². The van der Waals surface area contributed by atoms with Crippen molar-refractivity contribution in [2.45, 2.75) is 51.7 Å². The fourth-order valence-electron chi connectivity index (χ4n) is 4.13. The van der Waals surface area contributed by atoms with Gasteiger partial charge in [0, 0.05) is 12.3 Å². The molecule has 2 saturated carbocycles. The Labute approximate surface area is 115 Å². The van der Waals surface area contributed by atoms with Crippen molar-refractivity contribution in [2.24, 2.45) is 17.3 Å². The number of hydrogen-bond donors (Lipinski definition) is 0. The Balaban J connectivity index is 1.67. The molecular weight excluding hydrogens is 240 g/mol. The van der Waals surface area contributed by atoms with Crippen LogP contribution >= 0.6 is 0 Å². The van der Waals surface area contributed by atoms with E-state index in [0.717, 1.165) is 51.7 Å². The summed E-state index contributed by atoms with van der Waals surface area (Å²) in [5.74, 6) is 1.05. The van der Waals surface area contributed by atoms with Gasteiger partial charge < -0.3 is 9.47 Å². The van der Waals surface area contributed by atoms with E-state index >= 15 is 0 Å². The minimum Gasteiger partial charge on any atom is -0.353 e. The summed E-state index contributed by atoms with van der Waals surface area (Å²) >= 11 is 0. The number of carbonyl (C=O) groups excluding carboxylic acids is 1. The molecule has 1 heterocycles. The highest BCUT2D eigenvalue weighted by Gasteiger charge is 2.51. The van der Waals surface area contributed by atoms with Crippen LogP contribution < -0.4 is 0 Å². The summed E-state index contributed by atoms with van der Waals surface area (Å²) in [5, 5.41) is 0. The maximum absolute atomic E-state index is 12.2. The van der Waals surface area contributed by atoms with E-state index in [1.165, 1.54) is 5.57 Å². The molecule has 19 heavy (non-hydrogen) atoms. The second-order valence-corrected chi connectivity index (χ2v) is 6.55. The number of rotatable bonds is 3. The molecule has 106 valence electrons. The number of allylic oxidation sites excluding steroid dienone is 1. The summed E-state index contributed by atoms with van der Waals surface area (Å²) in [6.45, 7) is 7.92. The highest BCUT2D eigenvalue weighted by atomic mass is 16.7. The van der Waals surface area contributed by atoms with E-state index in [1.54, 1.807) is 0 Å². The molecule has 0 aromatic rings. The Hall–Kier alpha value is -0.670. The van der Waals surface area contributed by atoms with Crippen molar-refractivity contribution in [2.75, 3.05) is 13.2 Å². The summed E-state index contributed by atoms with van der Waals surface area (Å²) in [6.07, 6.45) is 5.77. The quantitative estimate of drug-likeness (QED) is 0.735. The van der Waals surface area contributed by atoms with Gasteiger partial charge in [0.15, 0.2) is 6.29 Å². The first-order chi connectivity index (χ1) is 9.11. The molecule has 3 heteroatoms. The second-order valence-electron chi connectivity index (χ2n) is 6.55. The van der Waals surface area contributed by atoms with Crippen LogP contribution in [0.1, 0.15) is 45.4 Å². The highest BCUT2D eigenvalue weighted by molar-refractivity contribution is 5.83. The molecule has 1 saturated heterocycles. The Morgan fingerprint density at radius 1 is 1.37 bits per heavy atom. The molecule has 0 aromatic heterocycles. The third-order valence-electron chi connectivity index (χ3n) is 5.43. The van der Waals surface area contributed by atoms with Crippen molar-refractivity contribution in [1.82, 2.24) is 0 Å². The number of ether oxygens (including phenoxy) is 2. The summed E-state index contributed by atoms with van der Waals surface area (Å²) in [7, 11) is 0. The predicted octanol–water partition coefficient (Wildman–Crippen LogP) is 3.09. The molecule has 0 N–H and O–H groups in total. The molecule has 0 amide bonds. The smallest absolute Gasteiger partial charge is 0.157 e. The number of ketones is 1. The van der Waals surface area contributed by atoms with E-state index in [0.29, 0.717) is 11.7 Å².